The first-order valence-electron chi connectivity index (χ1n) is 7.86. The molecular weight excluding hydrogens is 266 g/mol. The molecule has 3 N–H and O–H groups in total. The molecule has 0 aromatic carbocycles. The smallest absolute Gasteiger partial charge is 0.225 e. The highest BCUT2D eigenvalue weighted by molar-refractivity contribution is 5.80. The molecular formula is C15H27N5O. The van der Waals surface area contributed by atoms with Crippen LogP contribution in [0.25, 0.3) is 0 Å². The molecule has 1 saturated carbocycles. The van der Waals surface area contributed by atoms with Gasteiger partial charge in [-0.05, 0) is 19.8 Å². The highest BCUT2D eigenvalue weighted by Crippen LogP contribution is 2.31. The molecule has 2 rings (SSSR count). The number of nitrogens with two attached hydrogens (primary N) is 1. The summed E-state index contributed by atoms with van der Waals surface area (Å²) in [6, 6.07) is 0. The fraction of sp³-hybridized carbons (Fsp3) is 0.800. The molecule has 0 spiro atoms. The van der Waals surface area contributed by atoms with Crippen molar-refractivity contribution in [1.29, 1.82) is 0 Å². The molecule has 1 aliphatic rings. The lowest BCUT2D eigenvalue weighted by Gasteiger charge is -2.37. The van der Waals surface area contributed by atoms with Gasteiger partial charge in [0.25, 0.3) is 0 Å². The predicted molar refractivity (Wildman–Crippen MR) is 81.7 cm³/mol. The quantitative estimate of drug-likeness (QED) is 0.860. The molecule has 2 unspecified atom stereocenters. The fourth-order valence-electron chi connectivity index (χ4n) is 3.09. The standard InChI is InChI=1S/C15H27N5O/c1-11(2)13-19-18-10-20(13)9-8-17-14(21)12-6-4-5-7-15(12,3)16/h10-12H,4-9,16H2,1-3H3,(H,17,21). The van der Waals surface area contributed by atoms with Gasteiger partial charge < -0.3 is 15.6 Å². The van der Waals surface area contributed by atoms with Gasteiger partial charge >= 0.3 is 0 Å². The first-order chi connectivity index (χ1) is 9.92. The second-order valence-corrected chi connectivity index (χ2v) is 6.63. The van der Waals surface area contributed by atoms with Crippen molar-refractivity contribution < 1.29 is 4.79 Å². The van der Waals surface area contributed by atoms with Gasteiger partial charge in [-0.3, -0.25) is 4.79 Å². The largest absolute Gasteiger partial charge is 0.354 e. The third-order valence-corrected chi connectivity index (χ3v) is 4.38. The van der Waals surface area contributed by atoms with Crippen molar-refractivity contribution in [2.45, 2.75) is 64.5 Å². The van der Waals surface area contributed by atoms with Gasteiger partial charge in [-0.25, -0.2) is 0 Å². The molecule has 1 aliphatic carbocycles. The Morgan fingerprint density at radius 1 is 1.57 bits per heavy atom. The van der Waals surface area contributed by atoms with E-state index in [1.165, 1.54) is 0 Å². The van der Waals surface area contributed by atoms with Crippen LogP contribution in [0.5, 0.6) is 0 Å². The van der Waals surface area contributed by atoms with Crippen molar-refractivity contribution in [3.63, 3.8) is 0 Å². The number of carbonyl (C=O) groups is 1. The van der Waals surface area contributed by atoms with Gasteiger partial charge in [0.05, 0.1) is 5.92 Å². The van der Waals surface area contributed by atoms with Gasteiger partial charge in [0.2, 0.25) is 5.91 Å². The highest BCUT2D eigenvalue weighted by Gasteiger charge is 2.37. The first-order valence-corrected chi connectivity index (χ1v) is 7.86. The molecule has 1 aromatic heterocycles. The molecule has 1 heterocycles. The van der Waals surface area contributed by atoms with Crippen molar-refractivity contribution in [3.05, 3.63) is 12.2 Å². The van der Waals surface area contributed by atoms with Crippen LogP contribution in [0.2, 0.25) is 0 Å². The molecule has 0 saturated heterocycles. The van der Waals surface area contributed by atoms with Crippen LogP contribution in [-0.2, 0) is 11.3 Å². The lowest BCUT2D eigenvalue weighted by Crippen LogP contribution is -2.53. The average Bonchev–Trinajstić information content (AvgIpc) is 2.86. The lowest BCUT2D eigenvalue weighted by atomic mass is 9.74. The summed E-state index contributed by atoms with van der Waals surface area (Å²) in [6.07, 6.45) is 5.74. The van der Waals surface area contributed by atoms with Crippen molar-refractivity contribution in [1.82, 2.24) is 20.1 Å². The summed E-state index contributed by atoms with van der Waals surface area (Å²) in [6.45, 7) is 7.44. The van der Waals surface area contributed by atoms with Crippen molar-refractivity contribution in [3.8, 4) is 0 Å². The van der Waals surface area contributed by atoms with E-state index in [0.29, 0.717) is 19.0 Å². The van der Waals surface area contributed by atoms with Crippen LogP contribution in [0.4, 0.5) is 0 Å². The van der Waals surface area contributed by atoms with Crippen LogP contribution in [0.3, 0.4) is 0 Å². The third kappa shape index (κ3) is 3.81. The summed E-state index contributed by atoms with van der Waals surface area (Å²) in [7, 11) is 0. The van der Waals surface area contributed by atoms with E-state index in [-0.39, 0.29) is 17.4 Å². The summed E-state index contributed by atoms with van der Waals surface area (Å²) >= 11 is 0. The highest BCUT2D eigenvalue weighted by atomic mass is 16.1. The Bertz CT molecular complexity index is 480. The van der Waals surface area contributed by atoms with Gasteiger partial charge in [-0.15, -0.1) is 10.2 Å². The maximum absolute atomic E-state index is 12.3. The number of nitrogens with zero attached hydrogens (tertiary/aromatic N) is 3. The van der Waals surface area contributed by atoms with Crippen LogP contribution in [-0.4, -0.2) is 32.8 Å². The van der Waals surface area contributed by atoms with Crippen molar-refractivity contribution >= 4 is 5.91 Å². The summed E-state index contributed by atoms with van der Waals surface area (Å²) < 4.78 is 1.99. The van der Waals surface area contributed by atoms with Crippen LogP contribution in [0.15, 0.2) is 6.33 Å². The molecule has 118 valence electrons. The minimum absolute atomic E-state index is 0.0725. The molecule has 2 atom stereocenters. The van der Waals surface area contributed by atoms with Gasteiger partial charge in [0.1, 0.15) is 12.2 Å². The Morgan fingerprint density at radius 2 is 2.33 bits per heavy atom. The second kappa shape index (κ2) is 6.56. The molecule has 6 heteroatoms. The number of hydrogen-bond donors (Lipinski definition) is 2. The summed E-state index contributed by atoms with van der Waals surface area (Å²) in [5.41, 5.74) is 5.89. The summed E-state index contributed by atoms with van der Waals surface area (Å²) in [5.74, 6) is 1.29. The Morgan fingerprint density at radius 3 is 3.00 bits per heavy atom. The van der Waals surface area contributed by atoms with E-state index in [4.69, 9.17) is 5.73 Å². The molecule has 1 aromatic rings. The van der Waals surface area contributed by atoms with E-state index in [0.717, 1.165) is 31.5 Å². The minimum Gasteiger partial charge on any atom is -0.354 e. The lowest BCUT2D eigenvalue weighted by molar-refractivity contribution is -0.128. The molecule has 1 amide bonds. The third-order valence-electron chi connectivity index (χ3n) is 4.38. The van der Waals surface area contributed by atoms with E-state index in [9.17, 15) is 4.79 Å². The van der Waals surface area contributed by atoms with E-state index in [1.807, 2.05) is 11.5 Å². The summed E-state index contributed by atoms with van der Waals surface area (Å²) in [4.78, 5) is 12.3. The van der Waals surface area contributed by atoms with Gasteiger partial charge in [0, 0.05) is 24.5 Å². The fourth-order valence-corrected chi connectivity index (χ4v) is 3.09. The van der Waals surface area contributed by atoms with Gasteiger partial charge in [-0.2, -0.15) is 0 Å². The first kappa shape index (κ1) is 15.9. The monoisotopic (exact) mass is 293 g/mol. The van der Waals surface area contributed by atoms with Crippen LogP contribution in [0, 0.1) is 5.92 Å². The van der Waals surface area contributed by atoms with E-state index < -0.39 is 0 Å². The molecule has 0 aliphatic heterocycles. The SMILES string of the molecule is CC(C)c1nncn1CCNC(=O)C1CCCCC1(C)N. The topological polar surface area (TPSA) is 85.8 Å². The number of rotatable bonds is 5. The average molecular weight is 293 g/mol. The Hall–Kier alpha value is -1.43. The molecule has 1 fully saturated rings. The Labute approximate surface area is 126 Å². The number of nitrogens with one attached hydrogen (secondary N) is 1. The number of carbonyl (C=O) groups excluding carboxylic acids is 1. The van der Waals surface area contributed by atoms with Crippen molar-refractivity contribution in [2.24, 2.45) is 11.7 Å². The number of amides is 1. The van der Waals surface area contributed by atoms with Crippen LogP contribution in [0.1, 0.15) is 58.2 Å². The van der Waals surface area contributed by atoms with Crippen LogP contribution < -0.4 is 11.1 Å². The normalized spacial score (nSPS) is 26.0. The van der Waals surface area contributed by atoms with Gasteiger partial charge in [0.15, 0.2) is 0 Å². The molecule has 6 nitrogen and oxygen atoms in total. The second-order valence-electron chi connectivity index (χ2n) is 6.63. The maximum Gasteiger partial charge on any atom is 0.225 e. The van der Waals surface area contributed by atoms with E-state index in [1.54, 1.807) is 6.33 Å². The molecule has 0 bridgehead atoms. The zero-order chi connectivity index (χ0) is 15.5. The number of hydrogen-bond acceptors (Lipinski definition) is 4. The van der Waals surface area contributed by atoms with Crippen LogP contribution >= 0.6 is 0 Å². The van der Waals surface area contributed by atoms with E-state index in [2.05, 4.69) is 29.4 Å². The van der Waals surface area contributed by atoms with Gasteiger partial charge in [-0.1, -0.05) is 26.7 Å². The number of aromatic nitrogens is 3. The Kier molecular flexibility index (Phi) is 4.98. The Balaban J connectivity index is 1.85. The zero-order valence-corrected chi connectivity index (χ0v) is 13.3. The maximum atomic E-state index is 12.3. The molecule has 21 heavy (non-hydrogen) atoms. The van der Waals surface area contributed by atoms with E-state index >= 15 is 0 Å². The zero-order valence-electron chi connectivity index (χ0n) is 13.3. The minimum atomic E-state index is -0.373. The predicted octanol–water partition coefficient (Wildman–Crippen LogP) is 1.43. The summed E-state index contributed by atoms with van der Waals surface area (Å²) in [5, 5.41) is 11.1. The van der Waals surface area contributed by atoms with Crippen molar-refractivity contribution in [2.75, 3.05) is 6.54 Å². The molecule has 0 radical (unpaired) electrons.